The molecule has 0 saturated carbocycles. The van der Waals surface area contributed by atoms with Gasteiger partial charge < -0.3 is 0 Å². The Kier molecular flexibility index (Phi) is 5.42. The van der Waals surface area contributed by atoms with E-state index in [-0.39, 0.29) is 35.5 Å². The lowest BCUT2D eigenvalue weighted by Gasteiger charge is -2.13. The van der Waals surface area contributed by atoms with Crippen LogP contribution in [0.1, 0.15) is 28.8 Å². The monoisotopic (exact) mass is 367 g/mol. The van der Waals surface area contributed by atoms with Crippen molar-refractivity contribution in [2.45, 2.75) is 31.6 Å². The molecule has 0 atom stereocenters. The van der Waals surface area contributed by atoms with Crippen LogP contribution in [-0.2, 0) is 25.2 Å². The van der Waals surface area contributed by atoms with E-state index in [1.54, 1.807) is 0 Å². The summed E-state index contributed by atoms with van der Waals surface area (Å²) in [5.41, 5.74) is -1.31. The van der Waals surface area contributed by atoms with Crippen molar-refractivity contribution >= 4 is 11.6 Å². The Balaban J connectivity index is 2.06. The van der Waals surface area contributed by atoms with Crippen LogP contribution in [0.15, 0.2) is 36.5 Å². The lowest BCUT2D eigenvalue weighted by atomic mass is 10.0. The van der Waals surface area contributed by atoms with Crippen molar-refractivity contribution in [2.24, 2.45) is 0 Å². The van der Waals surface area contributed by atoms with Crippen LogP contribution in [0.25, 0.3) is 0 Å². The Morgan fingerprint density at radius 1 is 0.917 bits per heavy atom. The maximum absolute atomic E-state index is 12.9. The molecule has 24 heavy (non-hydrogen) atoms. The number of halogens is 7. The van der Waals surface area contributed by atoms with Crippen LogP contribution in [0, 0.1) is 0 Å². The smallest absolute Gasteiger partial charge is 0.259 e. The number of hydrogen-bond donors (Lipinski definition) is 0. The molecule has 1 aromatic carbocycles. The molecule has 0 unspecified atom stereocenters. The van der Waals surface area contributed by atoms with Gasteiger partial charge in [-0.1, -0.05) is 29.8 Å². The van der Waals surface area contributed by atoms with E-state index < -0.39 is 23.5 Å². The van der Waals surface area contributed by atoms with Gasteiger partial charge in [0.15, 0.2) is 0 Å². The molecule has 0 aliphatic carbocycles. The Morgan fingerprint density at radius 2 is 1.58 bits per heavy atom. The molecule has 1 aromatic heterocycles. The van der Waals surface area contributed by atoms with Crippen LogP contribution in [-0.4, -0.2) is 4.98 Å². The summed E-state index contributed by atoms with van der Waals surface area (Å²) < 4.78 is 76.2. The standard InChI is InChI=1S/C16H12ClF6N/c17-13-8-11(15(18,19)20)9-24-14(13)7-3-5-10-4-1-2-6-12(10)16(21,22)23/h1-2,4,6,8-9H,3,5,7H2. The molecule has 0 bridgehead atoms. The van der Waals surface area contributed by atoms with Gasteiger partial charge in [0.2, 0.25) is 0 Å². The van der Waals surface area contributed by atoms with E-state index in [9.17, 15) is 26.3 Å². The molecule has 8 heteroatoms. The van der Waals surface area contributed by atoms with Crippen LogP contribution in [0.2, 0.25) is 5.02 Å². The van der Waals surface area contributed by atoms with Gasteiger partial charge >= 0.3 is 12.4 Å². The molecule has 2 rings (SSSR count). The summed E-state index contributed by atoms with van der Waals surface area (Å²) in [4.78, 5) is 3.67. The van der Waals surface area contributed by atoms with Crippen molar-refractivity contribution in [3.8, 4) is 0 Å². The van der Waals surface area contributed by atoms with Gasteiger partial charge in [-0.15, -0.1) is 0 Å². The summed E-state index contributed by atoms with van der Waals surface area (Å²) in [6, 6.07) is 5.96. The molecule has 0 amide bonds. The Labute approximate surface area is 139 Å². The van der Waals surface area contributed by atoms with E-state index in [0.29, 0.717) is 6.20 Å². The number of benzene rings is 1. The first-order chi connectivity index (χ1) is 11.1. The van der Waals surface area contributed by atoms with Crippen LogP contribution in [0.3, 0.4) is 0 Å². The molecule has 0 fully saturated rings. The van der Waals surface area contributed by atoms with Gasteiger partial charge in [0.1, 0.15) is 0 Å². The van der Waals surface area contributed by atoms with Gasteiger partial charge in [-0.3, -0.25) is 4.98 Å². The van der Waals surface area contributed by atoms with Crippen molar-refractivity contribution in [3.63, 3.8) is 0 Å². The molecular weight excluding hydrogens is 356 g/mol. The molecule has 0 aliphatic rings. The first kappa shape index (κ1) is 18.6. The normalized spacial score (nSPS) is 12.5. The van der Waals surface area contributed by atoms with Gasteiger partial charge in [-0.2, -0.15) is 26.3 Å². The predicted octanol–water partition coefficient (Wildman–Crippen LogP) is 5.95. The number of hydrogen-bond acceptors (Lipinski definition) is 1. The van der Waals surface area contributed by atoms with Crippen molar-refractivity contribution < 1.29 is 26.3 Å². The Morgan fingerprint density at radius 3 is 2.17 bits per heavy atom. The van der Waals surface area contributed by atoms with Crippen molar-refractivity contribution in [3.05, 3.63) is 63.9 Å². The molecule has 0 spiro atoms. The van der Waals surface area contributed by atoms with E-state index in [0.717, 1.165) is 12.1 Å². The number of pyridine rings is 1. The molecule has 0 saturated heterocycles. The van der Waals surface area contributed by atoms with E-state index in [4.69, 9.17) is 11.6 Å². The first-order valence-corrected chi connectivity index (χ1v) is 7.33. The topological polar surface area (TPSA) is 12.9 Å². The van der Waals surface area contributed by atoms with E-state index >= 15 is 0 Å². The summed E-state index contributed by atoms with van der Waals surface area (Å²) in [7, 11) is 0. The number of aromatic nitrogens is 1. The fourth-order valence-corrected chi connectivity index (χ4v) is 2.53. The van der Waals surface area contributed by atoms with Gasteiger partial charge in [0, 0.05) is 6.20 Å². The summed E-state index contributed by atoms with van der Waals surface area (Å²) in [6.45, 7) is 0. The van der Waals surface area contributed by atoms with Crippen molar-refractivity contribution in [1.82, 2.24) is 4.98 Å². The second kappa shape index (κ2) is 7.01. The highest BCUT2D eigenvalue weighted by Gasteiger charge is 2.33. The molecule has 1 heterocycles. The van der Waals surface area contributed by atoms with Crippen LogP contribution in [0.5, 0.6) is 0 Å². The van der Waals surface area contributed by atoms with Gasteiger partial charge in [-0.25, -0.2) is 0 Å². The number of alkyl halides is 6. The Hall–Kier alpha value is -1.76. The molecule has 0 N–H and O–H groups in total. The molecule has 1 nitrogen and oxygen atoms in total. The number of rotatable bonds is 4. The van der Waals surface area contributed by atoms with Gasteiger partial charge in [0.25, 0.3) is 0 Å². The fourth-order valence-electron chi connectivity index (χ4n) is 2.27. The predicted molar refractivity (Wildman–Crippen MR) is 77.7 cm³/mol. The Bertz CT molecular complexity index is 708. The van der Waals surface area contributed by atoms with Crippen LogP contribution >= 0.6 is 11.6 Å². The zero-order valence-corrected chi connectivity index (χ0v) is 12.9. The van der Waals surface area contributed by atoms with Crippen molar-refractivity contribution in [2.75, 3.05) is 0 Å². The maximum atomic E-state index is 12.9. The summed E-state index contributed by atoms with van der Waals surface area (Å²) in [6.07, 6.45) is -7.73. The summed E-state index contributed by atoms with van der Waals surface area (Å²) in [5, 5.41) is -0.145. The van der Waals surface area contributed by atoms with Gasteiger partial charge in [0.05, 0.1) is 21.8 Å². The molecule has 130 valence electrons. The lowest BCUT2D eigenvalue weighted by molar-refractivity contribution is -0.138. The van der Waals surface area contributed by atoms with Gasteiger partial charge in [-0.05, 0) is 37.0 Å². The third-order valence-corrected chi connectivity index (χ3v) is 3.75. The van der Waals surface area contributed by atoms with E-state index in [2.05, 4.69) is 4.98 Å². The minimum absolute atomic E-state index is 0.120. The SMILES string of the molecule is FC(F)(F)c1cnc(CCCc2ccccc2C(F)(F)F)c(Cl)c1. The minimum atomic E-state index is -4.54. The number of aryl methyl sites for hydroxylation is 2. The molecule has 0 radical (unpaired) electrons. The summed E-state index contributed by atoms with van der Waals surface area (Å²) >= 11 is 5.78. The second-order valence-corrected chi connectivity index (χ2v) is 5.57. The highest BCUT2D eigenvalue weighted by Crippen LogP contribution is 2.33. The van der Waals surface area contributed by atoms with Crippen LogP contribution in [0.4, 0.5) is 26.3 Å². The lowest BCUT2D eigenvalue weighted by Crippen LogP contribution is -2.09. The summed E-state index contributed by atoms with van der Waals surface area (Å²) in [5.74, 6) is 0. The molecule has 2 aromatic rings. The van der Waals surface area contributed by atoms with Crippen LogP contribution < -0.4 is 0 Å². The van der Waals surface area contributed by atoms with E-state index in [1.165, 1.54) is 18.2 Å². The third kappa shape index (κ3) is 4.63. The minimum Gasteiger partial charge on any atom is -0.259 e. The largest absolute Gasteiger partial charge is 0.417 e. The second-order valence-electron chi connectivity index (χ2n) is 5.16. The highest BCUT2D eigenvalue weighted by atomic mass is 35.5. The molecular formula is C16H12ClF6N. The number of nitrogens with zero attached hydrogens (tertiary/aromatic N) is 1. The highest BCUT2D eigenvalue weighted by molar-refractivity contribution is 6.31. The molecule has 0 aliphatic heterocycles. The average molecular weight is 368 g/mol. The maximum Gasteiger partial charge on any atom is 0.417 e. The first-order valence-electron chi connectivity index (χ1n) is 6.96. The fraction of sp³-hybridized carbons (Fsp3) is 0.312. The quantitative estimate of drug-likeness (QED) is 0.609. The average Bonchev–Trinajstić information content (AvgIpc) is 2.47. The zero-order chi connectivity index (χ0) is 18.0. The van der Waals surface area contributed by atoms with E-state index in [1.807, 2.05) is 0 Å². The van der Waals surface area contributed by atoms with Crippen molar-refractivity contribution in [1.29, 1.82) is 0 Å². The third-order valence-electron chi connectivity index (χ3n) is 3.43. The zero-order valence-electron chi connectivity index (χ0n) is 12.2.